The van der Waals surface area contributed by atoms with Crippen molar-refractivity contribution in [2.24, 2.45) is 0 Å². The molecule has 3 nitrogen and oxygen atoms in total. The van der Waals surface area contributed by atoms with Crippen LogP contribution in [-0.2, 0) is 13.1 Å². The maximum atomic E-state index is 14.6. The van der Waals surface area contributed by atoms with E-state index in [1.54, 1.807) is 31.2 Å². The van der Waals surface area contributed by atoms with Gasteiger partial charge in [-0.15, -0.1) is 0 Å². The molecular weight excluding hydrogens is 396 g/mol. The lowest BCUT2D eigenvalue weighted by Crippen LogP contribution is -2.59. The summed E-state index contributed by atoms with van der Waals surface area (Å²) in [4.78, 5) is 13.8. The third-order valence-electron chi connectivity index (χ3n) is 6.53. The van der Waals surface area contributed by atoms with Gasteiger partial charge in [-0.05, 0) is 63.6 Å². The SMILES string of the molecule is Cc1c(O)ccc2c1C(=O)[N+](Cc1ccccc1-c1cc(F)ccc1F)(C(C)(C)C)C2. The number of carbonyl (C=O) groups excluding carboxylic acids is 1. The van der Waals surface area contributed by atoms with Gasteiger partial charge < -0.3 is 5.11 Å². The highest BCUT2D eigenvalue weighted by Crippen LogP contribution is 2.43. The molecule has 5 heteroatoms. The van der Waals surface area contributed by atoms with Crippen molar-refractivity contribution in [1.29, 1.82) is 0 Å². The average molecular weight is 422 g/mol. The first kappa shape index (κ1) is 21.2. The number of quaternary nitrogens is 1. The summed E-state index contributed by atoms with van der Waals surface area (Å²) < 4.78 is 28.6. The summed E-state index contributed by atoms with van der Waals surface area (Å²) >= 11 is 0. The second-order valence-electron chi connectivity index (χ2n) is 9.29. The highest BCUT2D eigenvalue weighted by Gasteiger charge is 2.54. The summed E-state index contributed by atoms with van der Waals surface area (Å²) in [5, 5.41) is 10.2. The zero-order valence-electron chi connectivity index (χ0n) is 18.2. The first-order valence-corrected chi connectivity index (χ1v) is 10.3. The van der Waals surface area contributed by atoms with Gasteiger partial charge in [-0.1, -0.05) is 24.3 Å². The van der Waals surface area contributed by atoms with Crippen LogP contribution in [0.3, 0.4) is 0 Å². The fraction of sp³-hybridized carbons (Fsp3) is 0.269. The molecule has 31 heavy (non-hydrogen) atoms. The van der Waals surface area contributed by atoms with Gasteiger partial charge in [-0.3, -0.25) is 0 Å². The molecule has 1 aliphatic heterocycles. The Morgan fingerprint density at radius 1 is 1.00 bits per heavy atom. The number of phenolic OH excluding ortho intramolecular Hbond substituents is 1. The number of halogens is 2. The van der Waals surface area contributed by atoms with Gasteiger partial charge in [-0.2, -0.15) is 0 Å². The number of hydrogen-bond donors (Lipinski definition) is 1. The zero-order valence-corrected chi connectivity index (χ0v) is 18.2. The molecule has 1 aliphatic rings. The van der Waals surface area contributed by atoms with E-state index in [1.165, 1.54) is 6.07 Å². The van der Waals surface area contributed by atoms with Crippen LogP contribution in [0.15, 0.2) is 54.6 Å². The van der Waals surface area contributed by atoms with Crippen molar-refractivity contribution in [3.8, 4) is 16.9 Å². The molecule has 1 N–H and O–H groups in total. The van der Waals surface area contributed by atoms with Gasteiger partial charge in [0.1, 0.15) is 30.5 Å². The number of amides is 1. The first-order chi connectivity index (χ1) is 14.5. The summed E-state index contributed by atoms with van der Waals surface area (Å²) in [5.74, 6) is -0.983. The van der Waals surface area contributed by atoms with Crippen molar-refractivity contribution in [3.05, 3.63) is 88.5 Å². The number of hydrogen-bond acceptors (Lipinski definition) is 2. The van der Waals surface area contributed by atoms with E-state index in [0.29, 0.717) is 29.8 Å². The van der Waals surface area contributed by atoms with Crippen molar-refractivity contribution in [3.63, 3.8) is 0 Å². The van der Waals surface area contributed by atoms with E-state index in [9.17, 15) is 18.7 Å². The van der Waals surface area contributed by atoms with Crippen molar-refractivity contribution in [2.45, 2.75) is 46.3 Å². The van der Waals surface area contributed by atoms with Gasteiger partial charge >= 0.3 is 5.91 Å². The lowest BCUT2D eigenvalue weighted by atomic mass is 9.94. The second kappa shape index (κ2) is 7.27. The molecule has 0 saturated carbocycles. The number of nitrogens with zero attached hydrogens (tertiary/aromatic N) is 1. The molecule has 1 atom stereocenters. The Hall–Kier alpha value is -3.05. The maximum absolute atomic E-state index is 14.6. The predicted molar refractivity (Wildman–Crippen MR) is 116 cm³/mol. The first-order valence-electron chi connectivity index (χ1n) is 10.3. The summed E-state index contributed by atoms with van der Waals surface area (Å²) in [6.07, 6.45) is 0. The molecular formula is C26H26F2NO2+. The van der Waals surface area contributed by atoms with E-state index in [4.69, 9.17) is 0 Å². The Balaban J connectivity index is 1.87. The monoisotopic (exact) mass is 422 g/mol. The number of benzene rings is 3. The lowest BCUT2D eigenvalue weighted by Gasteiger charge is -2.43. The molecule has 160 valence electrons. The Kier molecular flexibility index (Phi) is 4.97. The molecule has 1 unspecified atom stereocenters. The van der Waals surface area contributed by atoms with Gasteiger partial charge in [0, 0.05) is 22.3 Å². The van der Waals surface area contributed by atoms with Gasteiger partial charge in [0.2, 0.25) is 0 Å². The maximum Gasteiger partial charge on any atom is 0.347 e. The van der Waals surface area contributed by atoms with Gasteiger partial charge in [-0.25, -0.2) is 18.1 Å². The van der Waals surface area contributed by atoms with E-state index in [2.05, 4.69) is 0 Å². The van der Waals surface area contributed by atoms with Crippen LogP contribution in [0.1, 0.15) is 47.8 Å². The lowest BCUT2D eigenvalue weighted by molar-refractivity contribution is -0.917. The van der Waals surface area contributed by atoms with Crippen molar-refractivity contribution in [2.75, 3.05) is 0 Å². The Labute approximate surface area is 181 Å². The quantitative estimate of drug-likeness (QED) is 0.517. The molecule has 0 radical (unpaired) electrons. The highest BCUT2D eigenvalue weighted by molar-refractivity contribution is 5.95. The topological polar surface area (TPSA) is 37.3 Å². The molecule has 0 bridgehead atoms. The Bertz CT molecular complexity index is 1200. The molecule has 1 amide bonds. The number of aromatic hydroxyl groups is 1. The minimum atomic E-state index is -0.512. The van der Waals surface area contributed by atoms with Gasteiger partial charge in [0.05, 0.1) is 11.1 Å². The number of fused-ring (bicyclic) bond motifs is 1. The summed E-state index contributed by atoms with van der Waals surface area (Å²) in [6.45, 7) is 8.58. The number of carbonyl (C=O) groups is 1. The Morgan fingerprint density at radius 3 is 2.42 bits per heavy atom. The molecule has 0 aliphatic carbocycles. The predicted octanol–water partition coefficient (Wildman–Crippen LogP) is 6.12. The van der Waals surface area contributed by atoms with E-state index >= 15 is 0 Å². The van der Waals surface area contributed by atoms with E-state index in [-0.39, 0.29) is 21.7 Å². The van der Waals surface area contributed by atoms with Crippen LogP contribution < -0.4 is 0 Å². The van der Waals surface area contributed by atoms with Crippen LogP contribution in [0.5, 0.6) is 5.75 Å². The second-order valence-corrected chi connectivity index (χ2v) is 9.29. The third-order valence-corrected chi connectivity index (χ3v) is 6.53. The summed E-state index contributed by atoms with van der Waals surface area (Å²) in [7, 11) is 0. The van der Waals surface area contributed by atoms with Crippen molar-refractivity contribution < 1.29 is 23.2 Å². The minimum Gasteiger partial charge on any atom is -0.508 e. The smallest absolute Gasteiger partial charge is 0.347 e. The molecule has 4 rings (SSSR count). The number of rotatable bonds is 3. The molecule has 1 heterocycles. The fourth-order valence-corrected chi connectivity index (χ4v) is 4.59. The van der Waals surface area contributed by atoms with Crippen LogP contribution in [-0.4, -0.2) is 21.0 Å². The molecule has 0 fully saturated rings. The molecule has 0 spiro atoms. The third kappa shape index (κ3) is 3.33. The van der Waals surface area contributed by atoms with Crippen molar-refractivity contribution >= 4 is 5.91 Å². The highest BCUT2D eigenvalue weighted by atomic mass is 19.1. The number of phenols is 1. The fourth-order valence-electron chi connectivity index (χ4n) is 4.59. The van der Waals surface area contributed by atoms with Gasteiger partial charge in [0.25, 0.3) is 0 Å². The average Bonchev–Trinajstić information content (AvgIpc) is 3.00. The normalized spacial score (nSPS) is 18.3. The van der Waals surface area contributed by atoms with Crippen LogP contribution in [0.4, 0.5) is 8.78 Å². The summed E-state index contributed by atoms with van der Waals surface area (Å²) in [6, 6.07) is 14.1. The van der Waals surface area contributed by atoms with Crippen LogP contribution in [0.25, 0.3) is 11.1 Å². The van der Waals surface area contributed by atoms with Crippen molar-refractivity contribution in [1.82, 2.24) is 0 Å². The van der Waals surface area contributed by atoms with E-state index in [1.807, 2.05) is 32.9 Å². The standard InChI is InChI=1S/C26H25F2NO2/c1-16-23(30)12-9-18-15-29(26(2,3)4,25(31)24(16)18)14-17-7-5-6-8-20(17)21-13-19(27)10-11-22(21)28/h5-13H,14-15H2,1-4H3/p+1. The van der Waals surface area contributed by atoms with E-state index < -0.39 is 17.2 Å². The van der Waals surface area contributed by atoms with Crippen LogP contribution in [0, 0.1) is 18.6 Å². The minimum absolute atomic E-state index is 0.0644. The van der Waals surface area contributed by atoms with Gasteiger partial charge in [0.15, 0.2) is 0 Å². The molecule has 3 aromatic carbocycles. The Morgan fingerprint density at radius 2 is 1.71 bits per heavy atom. The largest absolute Gasteiger partial charge is 0.508 e. The van der Waals surface area contributed by atoms with E-state index in [0.717, 1.165) is 23.3 Å². The van der Waals surface area contributed by atoms with Crippen LogP contribution in [0.2, 0.25) is 0 Å². The molecule has 0 saturated heterocycles. The molecule has 0 aromatic heterocycles. The molecule has 3 aromatic rings. The summed E-state index contributed by atoms with van der Waals surface area (Å²) in [5.41, 5.74) is 3.09. The van der Waals surface area contributed by atoms with Crippen LogP contribution >= 0.6 is 0 Å². The zero-order chi connectivity index (χ0) is 22.6.